The summed E-state index contributed by atoms with van der Waals surface area (Å²) in [7, 11) is 0. The van der Waals surface area contributed by atoms with Crippen molar-refractivity contribution in [3.8, 4) is 0 Å². The Morgan fingerprint density at radius 3 is 1.27 bits per heavy atom. The summed E-state index contributed by atoms with van der Waals surface area (Å²) in [6.45, 7) is 3.19. The Bertz CT molecular complexity index is 716. The Balaban J connectivity index is 5.81. The molecule has 0 spiro atoms. The topological polar surface area (TPSA) is 188 Å². The number of carbonyl (C=O) groups is 3. The molecule has 0 saturated heterocycles. The standard InChI is InChI=1S/C30H58N4O6/c1-2-3-4-5-7-10-17-24(33-26(29(37)38)19-13-15-22-31)25(18-11-8-6-9-12-21-28(35)36)34-27(30(39)40)20-14-16-23-32/h26-27,33-34H,2-23,31-32H2,1H3,(H,35,36)(H,37,38)(H,39,40)/b25-24+/t26-,27-/m0/s1. The Labute approximate surface area is 241 Å². The van der Waals surface area contributed by atoms with Crippen LogP contribution in [0.5, 0.6) is 0 Å². The molecule has 9 N–H and O–H groups in total. The number of aliphatic carboxylic acids is 3. The quantitative estimate of drug-likeness (QED) is 0.0595. The lowest BCUT2D eigenvalue weighted by molar-refractivity contribution is -0.140. The van der Waals surface area contributed by atoms with Crippen LogP contribution in [-0.2, 0) is 14.4 Å². The van der Waals surface area contributed by atoms with Gasteiger partial charge in [0, 0.05) is 17.8 Å². The number of nitrogens with two attached hydrogens (primary N) is 2. The Morgan fingerprint density at radius 2 is 0.925 bits per heavy atom. The zero-order chi connectivity index (χ0) is 30.0. The van der Waals surface area contributed by atoms with Crippen LogP contribution in [0.1, 0.15) is 135 Å². The van der Waals surface area contributed by atoms with Gasteiger partial charge in [0.1, 0.15) is 12.1 Å². The minimum absolute atomic E-state index is 0.170. The lowest BCUT2D eigenvalue weighted by atomic mass is 10.0. The third-order valence-corrected chi connectivity index (χ3v) is 7.15. The van der Waals surface area contributed by atoms with Crippen molar-refractivity contribution in [1.29, 1.82) is 0 Å². The first kappa shape index (κ1) is 37.7. The Kier molecular flexibility index (Phi) is 24.1. The van der Waals surface area contributed by atoms with E-state index in [0.29, 0.717) is 58.0 Å². The summed E-state index contributed by atoms with van der Waals surface area (Å²) in [6, 6.07) is -1.55. The summed E-state index contributed by atoms with van der Waals surface area (Å²) in [5.41, 5.74) is 12.8. The minimum atomic E-state index is -0.931. The van der Waals surface area contributed by atoms with Crippen LogP contribution >= 0.6 is 0 Å². The first-order valence-electron chi connectivity index (χ1n) is 15.6. The zero-order valence-electron chi connectivity index (χ0n) is 24.9. The second kappa shape index (κ2) is 25.6. The number of rotatable bonds is 29. The third-order valence-electron chi connectivity index (χ3n) is 7.15. The Morgan fingerprint density at radius 1 is 0.550 bits per heavy atom. The number of hydrogen-bond acceptors (Lipinski definition) is 7. The maximum atomic E-state index is 12.1. The molecule has 0 saturated carbocycles. The molecule has 234 valence electrons. The van der Waals surface area contributed by atoms with Crippen LogP contribution in [0.25, 0.3) is 0 Å². The van der Waals surface area contributed by atoms with Crippen LogP contribution in [0, 0.1) is 0 Å². The van der Waals surface area contributed by atoms with E-state index < -0.39 is 30.0 Å². The molecule has 0 aromatic carbocycles. The maximum Gasteiger partial charge on any atom is 0.326 e. The molecule has 0 bridgehead atoms. The van der Waals surface area contributed by atoms with Crippen molar-refractivity contribution in [2.75, 3.05) is 13.1 Å². The van der Waals surface area contributed by atoms with Gasteiger partial charge in [-0.25, -0.2) is 9.59 Å². The van der Waals surface area contributed by atoms with Crippen LogP contribution in [-0.4, -0.2) is 58.4 Å². The molecule has 0 aromatic heterocycles. The monoisotopic (exact) mass is 570 g/mol. The molecule has 0 radical (unpaired) electrons. The van der Waals surface area contributed by atoms with E-state index in [-0.39, 0.29) is 6.42 Å². The van der Waals surface area contributed by atoms with E-state index in [9.17, 15) is 24.6 Å². The van der Waals surface area contributed by atoms with E-state index in [1.54, 1.807) is 0 Å². The lowest BCUT2D eigenvalue weighted by Crippen LogP contribution is -2.41. The van der Waals surface area contributed by atoms with Gasteiger partial charge in [0.05, 0.1) is 0 Å². The van der Waals surface area contributed by atoms with E-state index >= 15 is 0 Å². The molecular formula is C30H58N4O6. The van der Waals surface area contributed by atoms with Gasteiger partial charge in [-0.1, -0.05) is 58.3 Å². The molecule has 0 heterocycles. The lowest BCUT2D eigenvalue weighted by Gasteiger charge is -2.25. The summed E-state index contributed by atoms with van der Waals surface area (Å²) in [5.74, 6) is -2.64. The molecule has 10 heteroatoms. The van der Waals surface area contributed by atoms with Gasteiger partial charge in [-0.15, -0.1) is 0 Å². The summed E-state index contributed by atoms with van der Waals surface area (Å²) in [5, 5.41) is 35.3. The summed E-state index contributed by atoms with van der Waals surface area (Å²) in [4.78, 5) is 35.0. The van der Waals surface area contributed by atoms with Crippen LogP contribution in [0.4, 0.5) is 0 Å². The van der Waals surface area contributed by atoms with E-state index in [2.05, 4.69) is 17.6 Å². The zero-order valence-corrected chi connectivity index (χ0v) is 24.9. The average molecular weight is 571 g/mol. The first-order chi connectivity index (χ1) is 19.3. The largest absolute Gasteiger partial charge is 0.481 e. The molecule has 0 amide bonds. The van der Waals surface area contributed by atoms with Gasteiger partial charge in [0.15, 0.2) is 0 Å². The van der Waals surface area contributed by atoms with Crippen molar-refractivity contribution in [3.63, 3.8) is 0 Å². The van der Waals surface area contributed by atoms with Gasteiger partial charge in [0.2, 0.25) is 0 Å². The Hall–Kier alpha value is -2.33. The van der Waals surface area contributed by atoms with Gasteiger partial charge in [-0.2, -0.15) is 0 Å². The highest BCUT2D eigenvalue weighted by Crippen LogP contribution is 2.20. The first-order valence-corrected chi connectivity index (χ1v) is 15.6. The molecular weight excluding hydrogens is 512 g/mol. The van der Waals surface area contributed by atoms with Crippen molar-refractivity contribution >= 4 is 17.9 Å². The molecule has 10 nitrogen and oxygen atoms in total. The number of carboxylic acid groups (broad SMARTS) is 3. The fourth-order valence-corrected chi connectivity index (χ4v) is 4.73. The van der Waals surface area contributed by atoms with Crippen molar-refractivity contribution < 1.29 is 29.7 Å². The number of unbranched alkanes of at least 4 members (excludes halogenated alkanes) is 11. The molecule has 0 unspecified atom stereocenters. The number of allylic oxidation sites excluding steroid dienone is 2. The number of nitrogens with one attached hydrogen (secondary N) is 2. The fourth-order valence-electron chi connectivity index (χ4n) is 4.73. The molecule has 0 fully saturated rings. The van der Waals surface area contributed by atoms with Gasteiger partial charge in [0.25, 0.3) is 0 Å². The van der Waals surface area contributed by atoms with Crippen LogP contribution in [0.15, 0.2) is 11.4 Å². The number of carboxylic acids is 3. The highest BCUT2D eigenvalue weighted by atomic mass is 16.4. The molecule has 0 aliphatic rings. The van der Waals surface area contributed by atoms with Gasteiger partial charge >= 0.3 is 17.9 Å². The highest BCUT2D eigenvalue weighted by Gasteiger charge is 2.23. The predicted octanol–water partition coefficient (Wildman–Crippen LogP) is 5.11. The highest BCUT2D eigenvalue weighted by molar-refractivity contribution is 5.74. The second-order valence-corrected chi connectivity index (χ2v) is 10.8. The maximum absolute atomic E-state index is 12.1. The third kappa shape index (κ3) is 20.6. The van der Waals surface area contributed by atoms with Crippen LogP contribution < -0.4 is 22.1 Å². The number of hydrogen-bond donors (Lipinski definition) is 7. The van der Waals surface area contributed by atoms with E-state index in [0.717, 1.165) is 69.2 Å². The summed E-state index contributed by atoms with van der Waals surface area (Å²) in [6.07, 6.45) is 15.8. The van der Waals surface area contributed by atoms with Gasteiger partial charge < -0.3 is 37.4 Å². The van der Waals surface area contributed by atoms with Crippen LogP contribution in [0.2, 0.25) is 0 Å². The average Bonchev–Trinajstić information content (AvgIpc) is 2.91. The van der Waals surface area contributed by atoms with Gasteiger partial charge in [-0.3, -0.25) is 4.79 Å². The van der Waals surface area contributed by atoms with Crippen LogP contribution in [0.3, 0.4) is 0 Å². The SMILES string of the molecule is CCCCCCCC/C(N[C@@H](CCCCN)C(=O)O)=C(/CCCCCCCC(=O)O)N[C@@H](CCCCN)C(=O)O. The molecule has 0 aliphatic carbocycles. The minimum Gasteiger partial charge on any atom is -0.481 e. The normalized spacial score (nSPS) is 13.4. The van der Waals surface area contributed by atoms with Crippen molar-refractivity contribution in [3.05, 3.63) is 11.4 Å². The molecule has 2 atom stereocenters. The fraction of sp³-hybridized carbons (Fsp3) is 0.833. The molecule has 0 aliphatic heterocycles. The summed E-state index contributed by atoms with van der Waals surface area (Å²) < 4.78 is 0. The molecule has 0 aromatic rings. The molecule has 40 heavy (non-hydrogen) atoms. The van der Waals surface area contributed by atoms with E-state index in [1.165, 1.54) is 19.3 Å². The van der Waals surface area contributed by atoms with Crippen molar-refractivity contribution in [1.82, 2.24) is 10.6 Å². The van der Waals surface area contributed by atoms with Gasteiger partial charge in [-0.05, 0) is 83.7 Å². The molecule has 0 rings (SSSR count). The smallest absolute Gasteiger partial charge is 0.326 e. The van der Waals surface area contributed by atoms with Crippen molar-refractivity contribution in [2.45, 2.75) is 147 Å². The summed E-state index contributed by atoms with van der Waals surface area (Å²) >= 11 is 0. The van der Waals surface area contributed by atoms with Crippen molar-refractivity contribution in [2.24, 2.45) is 11.5 Å². The van der Waals surface area contributed by atoms with E-state index in [1.807, 2.05) is 0 Å². The predicted molar refractivity (Wildman–Crippen MR) is 160 cm³/mol. The second-order valence-electron chi connectivity index (χ2n) is 10.8. The van der Waals surface area contributed by atoms with E-state index in [4.69, 9.17) is 16.6 Å².